The molecule has 0 amide bonds. The lowest BCUT2D eigenvalue weighted by Crippen LogP contribution is -2.38. The van der Waals surface area contributed by atoms with Gasteiger partial charge < -0.3 is 4.74 Å². The van der Waals surface area contributed by atoms with E-state index in [1.165, 1.54) is 4.31 Å². The van der Waals surface area contributed by atoms with Gasteiger partial charge in [-0.2, -0.15) is 0 Å². The minimum Gasteiger partial charge on any atom is -0.489 e. The Labute approximate surface area is 131 Å². The summed E-state index contributed by atoms with van der Waals surface area (Å²) >= 11 is 0. The molecule has 1 aliphatic heterocycles. The third kappa shape index (κ3) is 2.46. The van der Waals surface area contributed by atoms with Gasteiger partial charge in [0.1, 0.15) is 12.4 Å². The van der Waals surface area contributed by atoms with E-state index >= 15 is 0 Å². The van der Waals surface area contributed by atoms with Crippen LogP contribution in [0, 0.1) is 20.8 Å². The van der Waals surface area contributed by atoms with Gasteiger partial charge in [0.05, 0.1) is 17.1 Å². The summed E-state index contributed by atoms with van der Waals surface area (Å²) in [7, 11) is -3.59. The monoisotopic (exact) mass is 317 g/mol. The number of sulfonamides is 1. The van der Waals surface area contributed by atoms with Gasteiger partial charge in [0, 0.05) is 0 Å². The van der Waals surface area contributed by atoms with Gasteiger partial charge in [-0.3, -0.25) is 4.31 Å². The summed E-state index contributed by atoms with van der Waals surface area (Å²) in [5.41, 5.74) is 3.44. The second-order valence-electron chi connectivity index (χ2n) is 5.67. The Morgan fingerprint density at radius 3 is 2.41 bits per heavy atom. The molecule has 1 aliphatic rings. The second-order valence-corrected chi connectivity index (χ2v) is 7.50. The highest BCUT2D eigenvalue weighted by Gasteiger charge is 2.31. The Morgan fingerprint density at radius 1 is 1.00 bits per heavy atom. The van der Waals surface area contributed by atoms with Crippen LogP contribution in [0.2, 0.25) is 0 Å². The molecule has 0 atom stereocenters. The largest absolute Gasteiger partial charge is 0.489 e. The summed E-state index contributed by atoms with van der Waals surface area (Å²) in [5.74, 6) is 0.616. The van der Waals surface area contributed by atoms with Crippen molar-refractivity contribution >= 4 is 15.7 Å². The zero-order valence-electron chi connectivity index (χ0n) is 13.0. The molecule has 22 heavy (non-hydrogen) atoms. The lowest BCUT2D eigenvalue weighted by atomic mass is 10.2. The predicted molar refractivity (Wildman–Crippen MR) is 87.1 cm³/mol. The molecule has 116 valence electrons. The van der Waals surface area contributed by atoms with E-state index in [-0.39, 0.29) is 0 Å². The molecule has 4 nitrogen and oxygen atoms in total. The normalized spacial score (nSPS) is 14.4. The maximum Gasteiger partial charge on any atom is 0.264 e. The molecule has 0 unspecified atom stereocenters. The van der Waals surface area contributed by atoms with Gasteiger partial charge in [-0.1, -0.05) is 23.8 Å². The van der Waals surface area contributed by atoms with Crippen LogP contribution in [0.5, 0.6) is 5.75 Å². The van der Waals surface area contributed by atoms with Crippen molar-refractivity contribution in [2.45, 2.75) is 25.7 Å². The van der Waals surface area contributed by atoms with E-state index in [4.69, 9.17) is 4.74 Å². The second kappa shape index (κ2) is 5.32. The highest BCUT2D eigenvalue weighted by Crippen LogP contribution is 2.36. The van der Waals surface area contributed by atoms with Gasteiger partial charge >= 0.3 is 0 Å². The van der Waals surface area contributed by atoms with Crippen LogP contribution in [-0.2, 0) is 10.0 Å². The van der Waals surface area contributed by atoms with Crippen LogP contribution in [0.15, 0.2) is 41.3 Å². The molecular formula is C17H19NO3S. The number of nitrogens with zero attached hydrogens (tertiary/aromatic N) is 1. The summed E-state index contributed by atoms with van der Waals surface area (Å²) in [5, 5.41) is 0. The first-order valence-electron chi connectivity index (χ1n) is 7.23. The van der Waals surface area contributed by atoms with E-state index in [0.717, 1.165) is 16.7 Å². The summed E-state index contributed by atoms with van der Waals surface area (Å²) in [6.45, 7) is 6.41. The van der Waals surface area contributed by atoms with Gasteiger partial charge in [-0.05, 0) is 50.1 Å². The third-order valence-electron chi connectivity index (χ3n) is 3.83. The first-order chi connectivity index (χ1) is 10.4. The van der Waals surface area contributed by atoms with E-state index in [1.807, 2.05) is 51.1 Å². The molecule has 1 heterocycles. The van der Waals surface area contributed by atoms with Gasteiger partial charge in [0.2, 0.25) is 0 Å². The van der Waals surface area contributed by atoms with Crippen LogP contribution in [0.3, 0.4) is 0 Å². The number of benzene rings is 2. The molecule has 0 saturated heterocycles. The first kappa shape index (κ1) is 14.9. The zero-order chi connectivity index (χ0) is 15.9. The Morgan fingerprint density at radius 2 is 1.68 bits per heavy atom. The summed E-state index contributed by atoms with van der Waals surface area (Å²) in [4.78, 5) is 0.354. The fraction of sp³-hybridized carbons (Fsp3) is 0.294. The molecule has 0 aromatic heterocycles. The van der Waals surface area contributed by atoms with Crippen LogP contribution in [-0.4, -0.2) is 21.6 Å². The summed E-state index contributed by atoms with van der Waals surface area (Å²) in [6, 6.07) is 11.0. The van der Waals surface area contributed by atoms with E-state index in [1.54, 1.807) is 6.07 Å². The minimum atomic E-state index is -3.59. The molecule has 0 saturated carbocycles. The molecule has 0 fully saturated rings. The molecule has 2 aromatic carbocycles. The molecule has 2 aromatic rings. The van der Waals surface area contributed by atoms with Crippen molar-refractivity contribution in [1.29, 1.82) is 0 Å². The molecule has 3 rings (SSSR count). The van der Waals surface area contributed by atoms with Crippen LogP contribution in [0.25, 0.3) is 0 Å². The van der Waals surface area contributed by atoms with Crippen molar-refractivity contribution in [2.24, 2.45) is 0 Å². The molecule has 0 radical (unpaired) electrons. The van der Waals surface area contributed by atoms with Crippen molar-refractivity contribution in [3.8, 4) is 5.75 Å². The number of hydrogen-bond donors (Lipinski definition) is 0. The topological polar surface area (TPSA) is 46.6 Å². The Balaban J connectivity index is 2.13. The van der Waals surface area contributed by atoms with Gasteiger partial charge in [-0.15, -0.1) is 0 Å². The van der Waals surface area contributed by atoms with Gasteiger partial charge in [0.15, 0.2) is 0 Å². The quantitative estimate of drug-likeness (QED) is 0.854. The number of hydrogen-bond acceptors (Lipinski definition) is 3. The number of aryl methyl sites for hydroxylation is 3. The summed E-state index contributed by atoms with van der Waals surface area (Å²) in [6.07, 6.45) is 0. The molecule has 5 heteroatoms. The van der Waals surface area contributed by atoms with Crippen LogP contribution in [0.1, 0.15) is 16.7 Å². The maximum absolute atomic E-state index is 13.1. The SMILES string of the molecule is Cc1ccc(S(=O)(=O)N2CCOc3ccc(C)cc32)c(C)c1. The lowest BCUT2D eigenvalue weighted by Gasteiger charge is -2.31. The predicted octanol–water partition coefficient (Wildman–Crippen LogP) is 3.20. The van der Waals surface area contributed by atoms with Crippen LogP contribution >= 0.6 is 0 Å². The van der Waals surface area contributed by atoms with Crippen LogP contribution in [0.4, 0.5) is 5.69 Å². The van der Waals surface area contributed by atoms with Crippen molar-refractivity contribution in [2.75, 3.05) is 17.5 Å². The summed E-state index contributed by atoms with van der Waals surface area (Å²) < 4.78 is 33.2. The average molecular weight is 317 g/mol. The van der Waals surface area contributed by atoms with E-state index in [9.17, 15) is 8.42 Å². The van der Waals surface area contributed by atoms with Gasteiger partial charge in [0.25, 0.3) is 10.0 Å². The molecular weight excluding hydrogens is 298 g/mol. The fourth-order valence-corrected chi connectivity index (χ4v) is 4.42. The Bertz CT molecular complexity index is 828. The molecule has 0 bridgehead atoms. The van der Waals surface area contributed by atoms with Crippen molar-refractivity contribution < 1.29 is 13.2 Å². The van der Waals surface area contributed by atoms with Gasteiger partial charge in [-0.25, -0.2) is 8.42 Å². The lowest BCUT2D eigenvalue weighted by molar-refractivity contribution is 0.315. The van der Waals surface area contributed by atoms with E-state index in [2.05, 4.69) is 0 Å². The smallest absolute Gasteiger partial charge is 0.264 e. The number of anilines is 1. The molecule has 0 N–H and O–H groups in total. The Kier molecular flexibility index (Phi) is 3.60. The van der Waals surface area contributed by atoms with Crippen molar-refractivity contribution in [3.05, 3.63) is 53.1 Å². The maximum atomic E-state index is 13.1. The van der Waals surface area contributed by atoms with E-state index in [0.29, 0.717) is 29.5 Å². The molecule has 0 spiro atoms. The first-order valence-corrected chi connectivity index (χ1v) is 8.67. The minimum absolute atomic E-state index is 0.325. The van der Waals surface area contributed by atoms with Crippen molar-refractivity contribution in [1.82, 2.24) is 0 Å². The third-order valence-corrected chi connectivity index (χ3v) is 5.81. The number of ether oxygens (including phenoxy) is 1. The highest BCUT2D eigenvalue weighted by atomic mass is 32.2. The Hall–Kier alpha value is -2.01. The fourth-order valence-electron chi connectivity index (χ4n) is 2.76. The van der Waals surface area contributed by atoms with E-state index < -0.39 is 10.0 Å². The number of rotatable bonds is 2. The number of fused-ring (bicyclic) bond motifs is 1. The standard InChI is InChI=1S/C17H19NO3S/c1-12-5-7-17(14(3)10-12)22(19,20)18-8-9-21-16-6-4-13(2)11-15(16)18/h4-7,10-11H,8-9H2,1-3H3. The zero-order valence-corrected chi connectivity index (χ0v) is 13.8. The van der Waals surface area contributed by atoms with Crippen LogP contribution < -0.4 is 9.04 Å². The average Bonchev–Trinajstić information content (AvgIpc) is 2.46. The van der Waals surface area contributed by atoms with Crippen molar-refractivity contribution in [3.63, 3.8) is 0 Å². The highest BCUT2D eigenvalue weighted by molar-refractivity contribution is 7.92. The molecule has 0 aliphatic carbocycles.